The number of ether oxygens (including phenoxy) is 2. The van der Waals surface area contributed by atoms with Crippen molar-refractivity contribution in [1.82, 2.24) is 25.1 Å². The maximum atomic E-state index is 13.7. The smallest absolute Gasteiger partial charge is 0.261 e. The Bertz CT molecular complexity index is 1570. The van der Waals surface area contributed by atoms with Crippen molar-refractivity contribution in [3.05, 3.63) is 86.3 Å². The monoisotopic (exact) mass is 654 g/mol. The van der Waals surface area contributed by atoms with E-state index in [-0.39, 0.29) is 30.2 Å². The van der Waals surface area contributed by atoms with Crippen molar-refractivity contribution in [2.45, 2.75) is 24.2 Å². The molecule has 5 rings (SSSR count). The summed E-state index contributed by atoms with van der Waals surface area (Å²) in [5.74, 6) is 1.47. The Labute approximate surface area is 253 Å². The summed E-state index contributed by atoms with van der Waals surface area (Å²) < 4.78 is 13.9. The number of hydrazone groups is 1. The van der Waals surface area contributed by atoms with E-state index in [4.69, 9.17) is 14.6 Å². The standard InChI is InChI=1S/C28H27BrN6O4S2/c1-34-24(15-30-27(37)23-8-5-13-40-23)31-32-28(34)41-16-25(36)35-21(19-6-4-7-22(38-2)26(19)39-3)14-20(33-35)17-9-11-18(29)12-10-17/h4-13,21H,14-16H2,1-3H3,(H,30,37)/t21-/m1/s1. The number of nitrogens with one attached hydrogen (secondary N) is 1. The van der Waals surface area contributed by atoms with Crippen LogP contribution < -0.4 is 14.8 Å². The third-order valence-electron chi connectivity index (χ3n) is 6.54. The van der Waals surface area contributed by atoms with E-state index in [1.54, 1.807) is 24.9 Å². The molecule has 2 aromatic heterocycles. The van der Waals surface area contributed by atoms with Gasteiger partial charge in [0.2, 0.25) is 0 Å². The Kier molecular flexibility index (Phi) is 9.06. The molecular weight excluding hydrogens is 628 g/mol. The lowest BCUT2D eigenvalue weighted by atomic mass is 9.97. The molecule has 0 radical (unpaired) electrons. The van der Waals surface area contributed by atoms with E-state index in [0.29, 0.717) is 33.8 Å². The van der Waals surface area contributed by atoms with E-state index in [1.807, 2.05) is 61.0 Å². The van der Waals surface area contributed by atoms with Crippen LogP contribution in [0.2, 0.25) is 0 Å². The van der Waals surface area contributed by atoms with E-state index in [1.165, 1.54) is 28.1 Å². The van der Waals surface area contributed by atoms with Gasteiger partial charge in [0.25, 0.3) is 11.8 Å². The summed E-state index contributed by atoms with van der Waals surface area (Å²) in [5, 5.41) is 20.0. The third kappa shape index (κ3) is 6.31. The third-order valence-corrected chi connectivity index (χ3v) is 8.94. The Morgan fingerprint density at radius 3 is 2.61 bits per heavy atom. The Hall–Kier alpha value is -3.68. The first kappa shape index (κ1) is 28.8. The molecule has 1 N–H and O–H groups in total. The number of thiophene rings is 1. The molecule has 3 heterocycles. The zero-order valence-electron chi connectivity index (χ0n) is 22.5. The van der Waals surface area contributed by atoms with Gasteiger partial charge in [0.1, 0.15) is 0 Å². The fourth-order valence-corrected chi connectivity index (χ4v) is 6.13. The predicted molar refractivity (Wildman–Crippen MR) is 162 cm³/mol. The van der Waals surface area contributed by atoms with E-state index >= 15 is 0 Å². The summed E-state index contributed by atoms with van der Waals surface area (Å²) in [6, 6.07) is 16.7. The molecule has 0 saturated heterocycles. The molecule has 41 heavy (non-hydrogen) atoms. The molecule has 2 amide bonds. The van der Waals surface area contributed by atoms with Crippen LogP contribution in [-0.2, 0) is 18.4 Å². The number of amides is 2. The molecule has 2 aromatic carbocycles. The Balaban J connectivity index is 1.33. The summed E-state index contributed by atoms with van der Waals surface area (Å²) in [4.78, 5) is 26.6. The number of methoxy groups -OCH3 is 2. The largest absolute Gasteiger partial charge is 0.493 e. The van der Waals surface area contributed by atoms with E-state index in [0.717, 1.165) is 21.3 Å². The molecule has 0 fully saturated rings. The van der Waals surface area contributed by atoms with Gasteiger partial charge in [0.05, 0.1) is 43.1 Å². The molecule has 0 bridgehead atoms. The van der Waals surface area contributed by atoms with Gasteiger partial charge in [-0.1, -0.05) is 58.0 Å². The minimum atomic E-state index is -0.380. The molecule has 0 aliphatic carbocycles. The first-order valence-electron chi connectivity index (χ1n) is 12.6. The van der Waals surface area contributed by atoms with Crippen LogP contribution in [0.3, 0.4) is 0 Å². The lowest BCUT2D eigenvalue weighted by molar-refractivity contribution is -0.130. The van der Waals surface area contributed by atoms with Crippen molar-refractivity contribution in [2.75, 3.05) is 20.0 Å². The van der Waals surface area contributed by atoms with Crippen molar-refractivity contribution < 1.29 is 19.1 Å². The summed E-state index contributed by atoms with van der Waals surface area (Å²) >= 11 is 6.11. The first-order valence-corrected chi connectivity index (χ1v) is 15.2. The average Bonchev–Trinajstić information content (AvgIpc) is 3.75. The highest BCUT2D eigenvalue weighted by Gasteiger charge is 2.35. The van der Waals surface area contributed by atoms with Gasteiger partial charge in [-0.05, 0) is 35.2 Å². The van der Waals surface area contributed by atoms with Gasteiger partial charge in [-0.15, -0.1) is 21.5 Å². The molecule has 0 spiro atoms. The van der Waals surface area contributed by atoms with Gasteiger partial charge in [0, 0.05) is 23.5 Å². The summed E-state index contributed by atoms with van der Waals surface area (Å²) in [7, 11) is 4.98. The fraction of sp³-hybridized carbons (Fsp3) is 0.250. The highest BCUT2D eigenvalue weighted by atomic mass is 79.9. The number of hydrogen-bond donors (Lipinski definition) is 1. The molecule has 1 aliphatic heterocycles. The number of benzene rings is 2. The zero-order chi connectivity index (χ0) is 28.9. The molecule has 212 valence electrons. The van der Waals surface area contributed by atoms with Gasteiger partial charge in [-0.3, -0.25) is 9.59 Å². The van der Waals surface area contributed by atoms with E-state index in [2.05, 4.69) is 31.4 Å². The van der Waals surface area contributed by atoms with Crippen molar-refractivity contribution >= 4 is 56.6 Å². The number of hydrogen-bond acceptors (Lipinski definition) is 9. The van der Waals surface area contributed by atoms with Gasteiger partial charge < -0.3 is 19.4 Å². The summed E-state index contributed by atoms with van der Waals surface area (Å²) in [6.07, 6.45) is 0.514. The number of carbonyl (C=O) groups is 2. The van der Waals surface area contributed by atoms with Gasteiger partial charge >= 0.3 is 0 Å². The van der Waals surface area contributed by atoms with Gasteiger partial charge in [-0.25, -0.2) is 5.01 Å². The SMILES string of the molecule is COc1cccc([C@H]2CC(c3ccc(Br)cc3)=NN2C(=O)CSc2nnc(CNC(=O)c3cccs3)n2C)c1OC. The lowest BCUT2D eigenvalue weighted by Gasteiger charge is -2.24. The molecule has 4 aromatic rings. The van der Waals surface area contributed by atoms with Crippen LogP contribution in [-0.4, -0.2) is 57.3 Å². The van der Waals surface area contributed by atoms with Crippen LogP contribution in [0.15, 0.2) is 74.7 Å². The van der Waals surface area contributed by atoms with Crippen LogP contribution in [0.5, 0.6) is 11.5 Å². The highest BCUT2D eigenvalue weighted by Crippen LogP contribution is 2.42. The number of carbonyl (C=O) groups excluding carboxylic acids is 2. The van der Waals surface area contributed by atoms with Crippen LogP contribution >= 0.6 is 39.0 Å². The van der Waals surface area contributed by atoms with E-state index in [9.17, 15) is 9.59 Å². The average molecular weight is 656 g/mol. The number of nitrogens with zero attached hydrogens (tertiary/aromatic N) is 5. The van der Waals surface area contributed by atoms with Crippen molar-refractivity contribution in [1.29, 1.82) is 0 Å². The second-order valence-electron chi connectivity index (χ2n) is 9.00. The topological polar surface area (TPSA) is 111 Å². The second kappa shape index (κ2) is 12.9. The van der Waals surface area contributed by atoms with Crippen molar-refractivity contribution in [2.24, 2.45) is 12.1 Å². The lowest BCUT2D eigenvalue weighted by Crippen LogP contribution is -2.29. The Morgan fingerprint density at radius 2 is 1.90 bits per heavy atom. The molecule has 1 aliphatic rings. The van der Waals surface area contributed by atoms with Crippen molar-refractivity contribution in [3.63, 3.8) is 0 Å². The van der Waals surface area contributed by atoms with E-state index < -0.39 is 0 Å². The minimum Gasteiger partial charge on any atom is -0.493 e. The van der Waals surface area contributed by atoms with Crippen LogP contribution in [0.25, 0.3) is 0 Å². The maximum Gasteiger partial charge on any atom is 0.261 e. The number of aromatic nitrogens is 3. The minimum absolute atomic E-state index is 0.0907. The van der Waals surface area contributed by atoms with Gasteiger partial charge in [0.15, 0.2) is 22.5 Å². The molecule has 10 nitrogen and oxygen atoms in total. The van der Waals surface area contributed by atoms with Crippen LogP contribution in [0.1, 0.15) is 39.1 Å². The van der Waals surface area contributed by atoms with Crippen LogP contribution in [0.4, 0.5) is 0 Å². The Morgan fingerprint density at radius 1 is 1.10 bits per heavy atom. The van der Waals surface area contributed by atoms with Gasteiger partial charge in [-0.2, -0.15) is 5.10 Å². The molecule has 0 saturated carbocycles. The molecule has 0 unspecified atom stereocenters. The number of halogens is 1. The number of para-hydroxylation sites is 1. The van der Waals surface area contributed by atoms with Crippen molar-refractivity contribution in [3.8, 4) is 11.5 Å². The summed E-state index contributed by atoms with van der Waals surface area (Å²) in [5.41, 5.74) is 2.54. The normalized spacial score (nSPS) is 14.6. The predicted octanol–water partition coefficient (Wildman–Crippen LogP) is 5.06. The quantitative estimate of drug-likeness (QED) is 0.238. The molecular formula is C28H27BrN6O4S2. The first-order chi connectivity index (χ1) is 19.9. The number of rotatable bonds is 10. The second-order valence-corrected chi connectivity index (χ2v) is 11.8. The molecule has 13 heteroatoms. The number of thioether (sulfide) groups is 1. The fourth-order valence-electron chi connectivity index (χ4n) is 4.45. The molecule has 1 atom stereocenters. The van der Waals surface area contributed by atoms with Crippen LogP contribution in [0, 0.1) is 0 Å². The summed E-state index contributed by atoms with van der Waals surface area (Å²) in [6.45, 7) is 0.222. The maximum absolute atomic E-state index is 13.7. The zero-order valence-corrected chi connectivity index (χ0v) is 25.8. The highest BCUT2D eigenvalue weighted by molar-refractivity contribution is 9.10.